The molecule has 8 heteroatoms. The van der Waals surface area contributed by atoms with E-state index in [0.717, 1.165) is 15.6 Å². The van der Waals surface area contributed by atoms with Crippen molar-refractivity contribution in [2.75, 3.05) is 21.0 Å². The Labute approximate surface area is 158 Å². The maximum atomic E-state index is 12.6. The van der Waals surface area contributed by atoms with E-state index >= 15 is 0 Å². The molecule has 0 N–H and O–H groups in total. The molecule has 2 aromatic rings. The van der Waals surface area contributed by atoms with E-state index in [-0.39, 0.29) is 18.3 Å². The second kappa shape index (κ2) is 8.09. The number of ether oxygens (including phenoxy) is 4. The summed E-state index contributed by atoms with van der Waals surface area (Å²) in [6.07, 6.45) is 0. The van der Waals surface area contributed by atoms with E-state index in [9.17, 15) is 8.78 Å². The quantitative estimate of drug-likeness (QED) is 0.651. The molecule has 0 atom stereocenters. The summed E-state index contributed by atoms with van der Waals surface area (Å²) in [4.78, 5) is 2.05. The van der Waals surface area contributed by atoms with Crippen LogP contribution in [-0.4, -0.2) is 32.5 Å². The van der Waals surface area contributed by atoms with Crippen LogP contribution in [0.5, 0.6) is 23.0 Å². The molecule has 0 aliphatic carbocycles. The van der Waals surface area contributed by atoms with Crippen molar-refractivity contribution in [3.05, 3.63) is 45.9 Å². The van der Waals surface area contributed by atoms with Gasteiger partial charge in [0, 0.05) is 17.6 Å². The largest absolute Gasteiger partial charge is 0.493 e. The van der Waals surface area contributed by atoms with Gasteiger partial charge in [0.15, 0.2) is 23.0 Å². The first-order valence-corrected chi connectivity index (χ1v) is 8.64. The van der Waals surface area contributed by atoms with Gasteiger partial charge in [-0.15, -0.1) is 0 Å². The first-order valence-electron chi connectivity index (χ1n) is 7.84. The minimum atomic E-state index is -2.90. The number of nitrogens with zero attached hydrogens (tertiary/aromatic N) is 1. The van der Waals surface area contributed by atoms with Crippen LogP contribution in [0, 0.1) is 0 Å². The van der Waals surface area contributed by atoms with Crippen LogP contribution in [0.25, 0.3) is 0 Å². The first kappa shape index (κ1) is 18.7. The zero-order valence-corrected chi connectivity index (χ0v) is 15.9. The number of methoxy groups -OCH3 is 1. The molecule has 1 aliphatic rings. The average molecular weight is 430 g/mol. The van der Waals surface area contributed by atoms with E-state index in [1.165, 1.54) is 7.11 Å². The summed E-state index contributed by atoms with van der Waals surface area (Å²) in [5, 5.41) is 0. The molecule has 140 valence electrons. The fourth-order valence-corrected chi connectivity index (χ4v) is 3.19. The van der Waals surface area contributed by atoms with Crippen LogP contribution in [-0.2, 0) is 13.1 Å². The lowest BCUT2D eigenvalue weighted by Crippen LogP contribution is -2.17. The topological polar surface area (TPSA) is 40.2 Å². The van der Waals surface area contributed by atoms with E-state index in [1.807, 2.05) is 25.2 Å². The van der Waals surface area contributed by atoms with Gasteiger partial charge in [-0.1, -0.05) is 22.0 Å². The minimum absolute atomic E-state index is 0.0256. The molecule has 3 rings (SSSR count). The Hall–Kier alpha value is -2.06. The number of halogens is 3. The Morgan fingerprint density at radius 2 is 1.85 bits per heavy atom. The smallest absolute Gasteiger partial charge is 0.387 e. The molecular formula is C18H18BrF2NO4. The van der Waals surface area contributed by atoms with E-state index in [0.29, 0.717) is 24.6 Å². The van der Waals surface area contributed by atoms with Gasteiger partial charge in [-0.25, -0.2) is 0 Å². The summed E-state index contributed by atoms with van der Waals surface area (Å²) in [6, 6.07) is 8.83. The van der Waals surface area contributed by atoms with Crippen molar-refractivity contribution in [1.29, 1.82) is 0 Å². The van der Waals surface area contributed by atoms with Crippen LogP contribution < -0.4 is 18.9 Å². The average Bonchev–Trinajstić information content (AvgIpc) is 3.02. The molecule has 0 saturated carbocycles. The molecule has 0 saturated heterocycles. The van der Waals surface area contributed by atoms with E-state index < -0.39 is 6.61 Å². The lowest BCUT2D eigenvalue weighted by Gasteiger charge is -2.19. The third-order valence-corrected chi connectivity index (χ3v) is 4.62. The van der Waals surface area contributed by atoms with E-state index in [2.05, 4.69) is 25.6 Å². The summed E-state index contributed by atoms with van der Waals surface area (Å²) in [5.41, 5.74) is 1.87. The van der Waals surface area contributed by atoms with Gasteiger partial charge in [-0.3, -0.25) is 4.90 Å². The third-order valence-electron chi connectivity index (χ3n) is 3.88. The van der Waals surface area contributed by atoms with Gasteiger partial charge >= 0.3 is 6.61 Å². The molecule has 0 bridgehead atoms. The lowest BCUT2D eigenvalue weighted by molar-refractivity contribution is -0.0512. The highest BCUT2D eigenvalue weighted by Crippen LogP contribution is 2.37. The molecule has 0 unspecified atom stereocenters. The highest BCUT2D eigenvalue weighted by atomic mass is 79.9. The lowest BCUT2D eigenvalue weighted by atomic mass is 10.1. The number of hydrogen-bond acceptors (Lipinski definition) is 5. The molecule has 0 spiro atoms. The monoisotopic (exact) mass is 429 g/mol. The fourth-order valence-electron chi connectivity index (χ4n) is 2.75. The van der Waals surface area contributed by atoms with Gasteiger partial charge in [0.05, 0.1) is 7.11 Å². The normalized spacial score (nSPS) is 12.7. The highest BCUT2D eigenvalue weighted by Gasteiger charge is 2.17. The molecule has 0 fully saturated rings. The van der Waals surface area contributed by atoms with Crippen molar-refractivity contribution < 1.29 is 27.7 Å². The van der Waals surface area contributed by atoms with Crippen molar-refractivity contribution in [3.63, 3.8) is 0 Å². The molecule has 5 nitrogen and oxygen atoms in total. The van der Waals surface area contributed by atoms with Crippen LogP contribution in [0.1, 0.15) is 11.1 Å². The van der Waals surface area contributed by atoms with Crippen LogP contribution in [0.4, 0.5) is 8.78 Å². The summed E-state index contributed by atoms with van der Waals surface area (Å²) < 4.78 is 46.4. The van der Waals surface area contributed by atoms with Crippen molar-refractivity contribution in [1.82, 2.24) is 4.90 Å². The van der Waals surface area contributed by atoms with Crippen molar-refractivity contribution >= 4 is 15.9 Å². The molecular weight excluding hydrogens is 412 g/mol. The van der Waals surface area contributed by atoms with Crippen molar-refractivity contribution in [3.8, 4) is 23.0 Å². The van der Waals surface area contributed by atoms with Gasteiger partial charge in [-0.2, -0.15) is 8.78 Å². The van der Waals surface area contributed by atoms with Gasteiger partial charge in [-0.05, 0) is 42.4 Å². The number of fused-ring (bicyclic) bond motifs is 1. The summed E-state index contributed by atoms with van der Waals surface area (Å²) in [7, 11) is 3.35. The molecule has 0 aromatic heterocycles. The molecule has 0 amide bonds. The Bertz CT molecular complexity index is 788. The summed E-state index contributed by atoms with van der Waals surface area (Å²) in [6.45, 7) is -1.50. The summed E-state index contributed by atoms with van der Waals surface area (Å²) >= 11 is 3.54. The van der Waals surface area contributed by atoms with Crippen LogP contribution in [0.15, 0.2) is 34.8 Å². The predicted octanol–water partition coefficient (Wildman–Crippen LogP) is 4.42. The SMILES string of the molecule is COc1ccc(CN(C)Cc2cc3c(cc2Br)OCO3)cc1OC(F)F. The zero-order chi connectivity index (χ0) is 18.7. The Morgan fingerprint density at radius 3 is 2.54 bits per heavy atom. The number of benzene rings is 2. The molecule has 2 aromatic carbocycles. The van der Waals surface area contributed by atoms with E-state index in [4.69, 9.17) is 14.2 Å². The molecule has 1 heterocycles. The second-order valence-electron chi connectivity index (χ2n) is 5.83. The van der Waals surface area contributed by atoms with Gasteiger partial charge in [0.1, 0.15) is 0 Å². The van der Waals surface area contributed by atoms with Crippen LogP contribution >= 0.6 is 15.9 Å². The standard InChI is InChI=1S/C18H18BrF2NO4/c1-22(9-12-6-15-16(7-13(12)19)25-10-24-15)8-11-3-4-14(23-2)17(5-11)26-18(20)21/h3-7,18H,8-10H2,1-2H3. The molecule has 0 radical (unpaired) electrons. The second-order valence-corrected chi connectivity index (χ2v) is 6.69. The Balaban J connectivity index is 1.71. The van der Waals surface area contributed by atoms with Gasteiger partial charge in [0.25, 0.3) is 0 Å². The zero-order valence-electron chi connectivity index (χ0n) is 14.3. The van der Waals surface area contributed by atoms with Crippen LogP contribution in [0.3, 0.4) is 0 Å². The van der Waals surface area contributed by atoms with Gasteiger partial charge < -0.3 is 18.9 Å². The number of rotatable bonds is 7. The van der Waals surface area contributed by atoms with Crippen LogP contribution in [0.2, 0.25) is 0 Å². The fraction of sp³-hybridized carbons (Fsp3) is 0.333. The minimum Gasteiger partial charge on any atom is -0.493 e. The molecule has 1 aliphatic heterocycles. The summed E-state index contributed by atoms with van der Waals surface area (Å²) in [5.74, 6) is 1.73. The van der Waals surface area contributed by atoms with Crippen molar-refractivity contribution in [2.24, 2.45) is 0 Å². The first-order chi connectivity index (χ1) is 12.5. The van der Waals surface area contributed by atoms with Crippen molar-refractivity contribution in [2.45, 2.75) is 19.7 Å². The predicted molar refractivity (Wildman–Crippen MR) is 95.1 cm³/mol. The van der Waals surface area contributed by atoms with E-state index in [1.54, 1.807) is 12.1 Å². The van der Waals surface area contributed by atoms with Gasteiger partial charge in [0.2, 0.25) is 6.79 Å². The third kappa shape index (κ3) is 4.37. The Morgan fingerprint density at radius 1 is 1.12 bits per heavy atom. The maximum Gasteiger partial charge on any atom is 0.387 e. The number of alkyl halides is 2. The Kier molecular flexibility index (Phi) is 5.83. The maximum absolute atomic E-state index is 12.6. The highest BCUT2D eigenvalue weighted by molar-refractivity contribution is 9.10. The molecule has 26 heavy (non-hydrogen) atoms. The number of hydrogen-bond donors (Lipinski definition) is 0.